The number of hydrogen-bond acceptors (Lipinski definition) is 7. The van der Waals surface area contributed by atoms with Crippen LogP contribution in [0.1, 0.15) is 95.2 Å². The molecule has 2 bridgehead atoms. The summed E-state index contributed by atoms with van der Waals surface area (Å²) in [5.74, 6) is 1.69. The van der Waals surface area contributed by atoms with E-state index in [9.17, 15) is 9.59 Å². The Hall–Kier alpha value is -3.92. The van der Waals surface area contributed by atoms with Gasteiger partial charge in [-0.25, -0.2) is 9.78 Å². The highest BCUT2D eigenvalue weighted by Gasteiger charge is 2.51. The maximum Gasteiger partial charge on any atom is 0.407 e. The van der Waals surface area contributed by atoms with Crippen molar-refractivity contribution in [3.8, 4) is 16.9 Å². The van der Waals surface area contributed by atoms with E-state index in [1.54, 1.807) is 7.11 Å². The third-order valence-corrected chi connectivity index (χ3v) is 11.9. The Kier molecular flexibility index (Phi) is 9.43. The third-order valence-electron chi connectivity index (χ3n) is 11.9. The molecule has 2 amide bonds. The summed E-state index contributed by atoms with van der Waals surface area (Å²) in [6.45, 7) is 7.97. The summed E-state index contributed by atoms with van der Waals surface area (Å²) in [4.78, 5) is 33.9. The van der Waals surface area contributed by atoms with Crippen molar-refractivity contribution in [3.05, 3.63) is 60.0 Å². The maximum absolute atomic E-state index is 14.6. The highest BCUT2D eigenvalue weighted by molar-refractivity contribution is 5.95. The molecule has 0 atom stereocenters. The first-order chi connectivity index (χ1) is 23.7. The molecule has 5 aliphatic rings. The highest BCUT2D eigenvalue weighted by atomic mass is 16.6. The molecule has 10 nitrogen and oxygen atoms in total. The Balaban J connectivity index is 1.09. The van der Waals surface area contributed by atoms with Crippen LogP contribution in [-0.2, 0) is 19.7 Å². The van der Waals surface area contributed by atoms with Crippen LogP contribution in [0.4, 0.5) is 10.6 Å². The summed E-state index contributed by atoms with van der Waals surface area (Å²) >= 11 is 0. The first-order valence-corrected chi connectivity index (χ1v) is 18.2. The van der Waals surface area contributed by atoms with Gasteiger partial charge in [0.25, 0.3) is 0 Å². The number of pyridine rings is 1. The quantitative estimate of drug-likeness (QED) is 0.244. The highest BCUT2D eigenvalue weighted by Crippen LogP contribution is 2.58. The summed E-state index contributed by atoms with van der Waals surface area (Å²) in [6, 6.07) is 11.1. The van der Waals surface area contributed by atoms with E-state index >= 15 is 0 Å². The van der Waals surface area contributed by atoms with Crippen LogP contribution in [-0.4, -0.2) is 65.8 Å². The number of nitrogens with one attached hydrogen (secondary N) is 1. The summed E-state index contributed by atoms with van der Waals surface area (Å²) < 4.78 is 18.0. The van der Waals surface area contributed by atoms with E-state index < -0.39 is 0 Å². The zero-order chi connectivity index (χ0) is 34.2. The van der Waals surface area contributed by atoms with Gasteiger partial charge in [-0.05, 0) is 131 Å². The topological polar surface area (TPSA) is 108 Å². The summed E-state index contributed by atoms with van der Waals surface area (Å²) in [7, 11) is 1.73. The average molecular weight is 670 g/mol. The predicted octanol–water partition coefficient (Wildman–Crippen LogP) is 7.15. The van der Waals surface area contributed by atoms with Crippen molar-refractivity contribution < 1.29 is 23.8 Å². The largest absolute Gasteiger partial charge is 0.496 e. The van der Waals surface area contributed by atoms with E-state index in [2.05, 4.69) is 61.6 Å². The number of methoxy groups -OCH3 is 1. The number of carbonyl (C=O) groups is 2. The number of alkyl carbamates (subject to hydrolysis) is 1. The number of carbonyl (C=O) groups excluding carboxylic acids is 2. The molecule has 1 aliphatic heterocycles. The molecular formula is C39H51N5O5. The van der Waals surface area contributed by atoms with Crippen molar-refractivity contribution in [2.75, 3.05) is 31.8 Å². The monoisotopic (exact) mass is 669 g/mol. The van der Waals surface area contributed by atoms with Gasteiger partial charge in [0.05, 0.1) is 26.5 Å². The van der Waals surface area contributed by atoms with Crippen molar-refractivity contribution in [3.63, 3.8) is 0 Å². The van der Waals surface area contributed by atoms with E-state index in [1.165, 1.54) is 11.1 Å². The lowest BCUT2D eigenvalue weighted by atomic mass is 9.51. The lowest BCUT2D eigenvalue weighted by molar-refractivity contribution is -0.124. The molecule has 1 aromatic carbocycles. The number of amides is 2. The van der Waals surface area contributed by atoms with Gasteiger partial charge in [-0.15, -0.1) is 0 Å². The van der Waals surface area contributed by atoms with Crippen LogP contribution < -0.4 is 15.0 Å². The fraction of sp³-hybridized carbons (Fsp3) is 0.590. The van der Waals surface area contributed by atoms with Crippen LogP contribution in [0.5, 0.6) is 5.75 Å². The van der Waals surface area contributed by atoms with Crippen LogP contribution in [0, 0.1) is 18.3 Å². The van der Waals surface area contributed by atoms with Gasteiger partial charge < -0.3 is 19.5 Å². The second-order valence-electron chi connectivity index (χ2n) is 15.4. The van der Waals surface area contributed by atoms with E-state index in [1.807, 2.05) is 28.0 Å². The van der Waals surface area contributed by atoms with Gasteiger partial charge in [0.1, 0.15) is 11.6 Å². The summed E-state index contributed by atoms with van der Waals surface area (Å²) in [6.07, 6.45) is 14.8. The zero-order valence-corrected chi connectivity index (χ0v) is 29.5. The maximum atomic E-state index is 14.6. The minimum absolute atomic E-state index is 0.00920. The molecule has 4 aliphatic carbocycles. The molecule has 8 rings (SSSR count). The standard InChI is InChI=1S/C39H51N5O5/c1-26(2)44-22-30(21-41-44)29-11-18-40-35(20-29)43(36(45)28-5-8-32(9-6-28)42-37(46)49-33-23-48-24-33)25-38-12-15-39(16-13-38,17-14-38)31-7-10-34(47-4)27(3)19-31/h7,10-11,18-22,26,28,32-33H,5-6,8-9,12-17,23-25H2,1-4H3,(H,42,46). The molecule has 49 heavy (non-hydrogen) atoms. The van der Waals surface area contributed by atoms with Crippen molar-refractivity contribution in [2.24, 2.45) is 11.3 Å². The number of anilines is 1. The molecule has 0 spiro atoms. The normalized spacial score (nSPS) is 26.6. The molecular weight excluding hydrogens is 618 g/mol. The van der Waals surface area contributed by atoms with Gasteiger partial charge in [0.15, 0.2) is 6.10 Å². The van der Waals surface area contributed by atoms with Gasteiger partial charge in [-0.3, -0.25) is 14.4 Å². The smallest absolute Gasteiger partial charge is 0.407 e. The average Bonchev–Trinajstić information content (AvgIpc) is 3.61. The molecule has 2 aromatic heterocycles. The Morgan fingerprint density at radius 3 is 2.37 bits per heavy atom. The van der Waals surface area contributed by atoms with Gasteiger partial charge in [0.2, 0.25) is 5.91 Å². The van der Waals surface area contributed by atoms with E-state index in [0.29, 0.717) is 25.6 Å². The van der Waals surface area contributed by atoms with Gasteiger partial charge >= 0.3 is 6.09 Å². The van der Waals surface area contributed by atoms with Crippen LogP contribution in [0.2, 0.25) is 0 Å². The Labute approximate surface area is 289 Å². The van der Waals surface area contributed by atoms with Crippen LogP contribution >= 0.6 is 0 Å². The molecule has 5 fully saturated rings. The lowest BCUT2D eigenvalue weighted by Gasteiger charge is -2.55. The minimum atomic E-state index is -0.388. The summed E-state index contributed by atoms with van der Waals surface area (Å²) in [5.41, 5.74) is 4.90. The third kappa shape index (κ3) is 6.94. The fourth-order valence-electron chi connectivity index (χ4n) is 8.60. The van der Waals surface area contributed by atoms with Crippen molar-refractivity contribution in [1.29, 1.82) is 0 Å². The molecule has 262 valence electrons. The number of nitrogens with zero attached hydrogens (tertiary/aromatic N) is 4. The lowest BCUT2D eigenvalue weighted by Crippen LogP contribution is -2.52. The number of fused-ring (bicyclic) bond motifs is 3. The van der Waals surface area contributed by atoms with Gasteiger partial charge in [0, 0.05) is 42.5 Å². The number of aryl methyl sites for hydroxylation is 1. The second-order valence-corrected chi connectivity index (χ2v) is 15.4. The number of benzene rings is 1. The molecule has 1 N–H and O–H groups in total. The van der Waals surface area contributed by atoms with E-state index in [0.717, 1.165) is 81.1 Å². The molecule has 1 saturated heterocycles. The summed E-state index contributed by atoms with van der Waals surface area (Å²) in [5, 5.41) is 7.58. The first-order valence-electron chi connectivity index (χ1n) is 18.2. The second kappa shape index (κ2) is 13.8. The number of aromatic nitrogens is 3. The van der Waals surface area contributed by atoms with Crippen LogP contribution in [0.15, 0.2) is 48.9 Å². The van der Waals surface area contributed by atoms with Crippen molar-refractivity contribution >= 4 is 17.8 Å². The van der Waals surface area contributed by atoms with Gasteiger partial charge in [-0.1, -0.05) is 12.1 Å². The van der Waals surface area contributed by atoms with Crippen LogP contribution in [0.3, 0.4) is 0 Å². The number of ether oxygens (including phenoxy) is 3. The minimum Gasteiger partial charge on any atom is -0.496 e. The van der Waals surface area contributed by atoms with Gasteiger partial charge in [-0.2, -0.15) is 5.10 Å². The molecule has 3 aromatic rings. The molecule has 10 heteroatoms. The molecule has 0 unspecified atom stereocenters. The van der Waals surface area contributed by atoms with E-state index in [4.69, 9.17) is 19.2 Å². The Morgan fingerprint density at radius 2 is 1.76 bits per heavy atom. The van der Waals surface area contributed by atoms with E-state index in [-0.39, 0.29) is 46.9 Å². The predicted molar refractivity (Wildman–Crippen MR) is 188 cm³/mol. The van der Waals surface area contributed by atoms with Crippen LogP contribution in [0.25, 0.3) is 11.1 Å². The zero-order valence-electron chi connectivity index (χ0n) is 29.5. The molecule has 0 radical (unpaired) electrons. The number of rotatable bonds is 10. The SMILES string of the molecule is COc1ccc(C23CCC(CN(C(=O)C4CCC(NC(=O)OC5COC5)CC4)c4cc(-c5cnn(C(C)C)c5)ccn4)(CC2)CC3)cc1C. The Morgan fingerprint density at radius 1 is 1.02 bits per heavy atom. The fourth-order valence-corrected chi connectivity index (χ4v) is 8.60. The van der Waals surface area contributed by atoms with Crippen molar-refractivity contribution in [2.45, 2.75) is 109 Å². The molecule has 4 saturated carbocycles. The molecule has 3 heterocycles. The number of hydrogen-bond donors (Lipinski definition) is 1. The first kappa shape index (κ1) is 33.6. The van der Waals surface area contributed by atoms with Crippen molar-refractivity contribution in [1.82, 2.24) is 20.1 Å². The Bertz CT molecular complexity index is 1630.